The molecule has 0 aliphatic carbocycles. The number of benzene rings is 2. The third kappa shape index (κ3) is 3.84. The number of carbonyl (C=O) groups excluding carboxylic acids is 1. The maximum absolute atomic E-state index is 11.9. The molecule has 0 heterocycles. The van der Waals surface area contributed by atoms with Crippen LogP contribution in [0.4, 0.5) is 5.69 Å². The van der Waals surface area contributed by atoms with Crippen molar-refractivity contribution in [3.63, 3.8) is 0 Å². The minimum atomic E-state index is -0.0968. The Morgan fingerprint density at radius 1 is 1.20 bits per heavy atom. The van der Waals surface area contributed by atoms with Crippen molar-refractivity contribution in [2.75, 3.05) is 5.32 Å². The number of rotatable bonds is 4. The van der Waals surface area contributed by atoms with Crippen LogP contribution in [0.3, 0.4) is 0 Å². The van der Waals surface area contributed by atoms with Crippen LogP contribution in [-0.2, 0) is 11.2 Å². The Bertz CT molecular complexity index is 647. The molecule has 0 spiro atoms. The fourth-order valence-corrected chi connectivity index (χ4v) is 2.03. The van der Waals surface area contributed by atoms with Gasteiger partial charge in [0.1, 0.15) is 0 Å². The van der Waals surface area contributed by atoms with Gasteiger partial charge in [0, 0.05) is 6.42 Å². The lowest BCUT2D eigenvalue weighted by Gasteiger charge is -2.07. The van der Waals surface area contributed by atoms with Gasteiger partial charge in [0.25, 0.3) is 0 Å². The maximum atomic E-state index is 11.9. The predicted molar refractivity (Wildman–Crippen MR) is 79.6 cm³/mol. The minimum Gasteiger partial charge on any atom is -0.325 e. The average molecular weight is 285 g/mol. The highest BCUT2D eigenvalue weighted by molar-refractivity contribution is 6.33. The van der Waals surface area contributed by atoms with Gasteiger partial charge in [-0.1, -0.05) is 41.9 Å². The Labute approximate surface area is 122 Å². The lowest BCUT2D eigenvalue weighted by molar-refractivity contribution is -0.116. The van der Waals surface area contributed by atoms with E-state index in [0.717, 1.165) is 5.56 Å². The summed E-state index contributed by atoms with van der Waals surface area (Å²) in [6.07, 6.45) is 1.07. The molecule has 0 aromatic heterocycles. The molecule has 0 atom stereocenters. The van der Waals surface area contributed by atoms with Crippen molar-refractivity contribution in [3.05, 3.63) is 64.7 Å². The van der Waals surface area contributed by atoms with Gasteiger partial charge in [0.05, 0.1) is 22.3 Å². The van der Waals surface area contributed by atoms with Crippen LogP contribution < -0.4 is 5.32 Å². The van der Waals surface area contributed by atoms with Gasteiger partial charge in [-0.15, -0.1) is 0 Å². The second-order valence-electron chi connectivity index (χ2n) is 4.34. The first kappa shape index (κ1) is 14.1. The van der Waals surface area contributed by atoms with Gasteiger partial charge in [-0.3, -0.25) is 4.79 Å². The smallest absolute Gasteiger partial charge is 0.224 e. The molecule has 3 nitrogen and oxygen atoms in total. The number of amides is 1. The van der Waals surface area contributed by atoms with E-state index >= 15 is 0 Å². The number of halogens is 1. The molecular weight excluding hydrogens is 272 g/mol. The number of nitriles is 1. The van der Waals surface area contributed by atoms with Crippen LogP contribution >= 0.6 is 11.6 Å². The van der Waals surface area contributed by atoms with Crippen LogP contribution in [0.1, 0.15) is 17.5 Å². The molecular formula is C16H13ClN2O. The lowest BCUT2D eigenvalue weighted by atomic mass is 10.1. The van der Waals surface area contributed by atoms with E-state index in [2.05, 4.69) is 5.32 Å². The van der Waals surface area contributed by atoms with Gasteiger partial charge < -0.3 is 5.32 Å². The Hall–Kier alpha value is -2.31. The third-order valence-electron chi connectivity index (χ3n) is 2.86. The molecule has 2 rings (SSSR count). The van der Waals surface area contributed by atoms with E-state index in [4.69, 9.17) is 16.9 Å². The maximum Gasteiger partial charge on any atom is 0.224 e. The monoisotopic (exact) mass is 284 g/mol. The van der Waals surface area contributed by atoms with Crippen molar-refractivity contribution in [2.45, 2.75) is 12.8 Å². The van der Waals surface area contributed by atoms with Crippen LogP contribution in [0.5, 0.6) is 0 Å². The summed E-state index contributed by atoms with van der Waals surface area (Å²) >= 11 is 6.00. The minimum absolute atomic E-state index is 0.0968. The topological polar surface area (TPSA) is 52.9 Å². The van der Waals surface area contributed by atoms with Crippen molar-refractivity contribution in [3.8, 4) is 6.07 Å². The number of hydrogen-bond donors (Lipinski definition) is 1. The van der Waals surface area contributed by atoms with Crippen LogP contribution in [0.2, 0.25) is 5.02 Å². The molecule has 0 radical (unpaired) electrons. The fraction of sp³-hybridized carbons (Fsp3) is 0.125. The zero-order chi connectivity index (χ0) is 14.4. The first-order valence-electron chi connectivity index (χ1n) is 6.22. The largest absolute Gasteiger partial charge is 0.325 e. The number of hydrogen-bond acceptors (Lipinski definition) is 2. The van der Waals surface area contributed by atoms with E-state index in [1.165, 1.54) is 6.07 Å². The zero-order valence-electron chi connectivity index (χ0n) is 10.8. The summed E-state index contributed by atoms with van der Waals surface area (Å²) in [5.74, 6) is -0.0968. The second-order valence-corrected chi connectivity index (χ2v) is 4.75. The number of anilines is 1. The van der Waals surface area contributed by atoms with E-state index < -0.39 is 0 Å². The van der Waals surface area contributed by atoms with E-state index in [1.54, 1.807) is 12.1 Å². The van der Waals surface area contributed by atoms with Crippen molar-refractivity contribution in [2.24, 2.45) is 0 Å². The zero-order valence-corrected chi connectivity index (χ0v) is 11.5. The molecule has 0 fully saturated rings. The van der Waals surface area contributed by atoms with Crippen molar-refractivity contribution >= 4 is 23.2 Å². The van der Waals surface area contributed by atoms with Crippen molar-refractivity contribution in [1.29, 1.82) is 5.26 Å². The van der Waals surface area contributed by atoms with E-state index in [-0.39, 0.29) is 5.91 Å². The summed E-state index contributed by atoms with van der Waals surface area (Å²) in [6.45, 7) is 0. The molecule has 1 amide bonds. The molecule has 0 aliphatic rings. The van der Waals surface area contributed by atoms with Crippen LogP contribution in [0, 0.1) is 11.3 Å². The molecule has 2 aromatic carbocycles. The van der Waals surface area contributed by atoms with Gasteiger partial charge >= 0.3 is 0 Å². The second kappa shape index (κ2) is 6.74. The predicted octanol–water partition coefficient (Wildman–Crippen LogP) is 3.78. The standard InChI is InChI=1S/C16H13ClN2O/c17-14-10-13(11-18)6-8-15(14)19-16(20)9-7-12-4-2-1-3-5-12/h1-6,8,10H,7,9H2,(H,19,20). The molecule has 2 aromatic rings. The summed E-state index contributed by atoms with van der Waals surface area (Å²) in [7, 11) is 0. The fourth-order valence-electron chi connectivity index (χ4n) is 1.80. The molecule has 100 valence electrons. The first-order chi connectivity index (χ1) is 9.69. The van der Waals surface area contributed by atoms with E-state index in [0.29, 0.717) is 29.1 Å². The Morgan fingerprint density at radius 2 is 1.95 bits per heavy atom. The molecule has 4 heteroatoms. The molecule has 0 unspecified atom stereocenters. The van der Waals surface area contributed by atoms with E-state index in [1.807, 2.05) is 36.4 Å². The summed E-state index contributed by atoms with van der Waals surface area (Å²) < 4.78 is 0. The van der Waals surface area contributed by atoms with Crippen LogP contribution in [0.15, 0.2) is 48.5 Å². The number of carbonyl (C=O) groups is 1. The molecule has 0 saturated heterocycles. The van der Waals surface area contributed by atoms with Crippen molar-refractivity contribution in [1.82, 2.24) is 0 Å². The third-order valence-corrected chi connectivity index (χ3v) is 3.17. The van der Waals surface area contributed by atoms with Crippen LogP contribution in [-0.4, -0.2) is 5.91 Å². The molecule has 0 aliphatic heterocycles. The number of aryl methyl sites for hydroxylation is 1. The van der Waals surface area contributed by atoms with Gasteiger partial charge in [0.15, 0.2) is 0 Å². The van der Waals surface area contributed by atoms with Gasteiger partial charge in [0.2, 0.25) is 5.91 Å². The van der Waals surface area contributed by atoms with Gasteiger partial charge in [-0.2, -0.15) is 5.26 Å². The Kier molecular flexibility index (Phi) is 4.75. The average Bonchev–Trinajstić information content (AvgIpc) is 2.48. The van der Waals surface area contributed by atoms with Gasteiger partial charge in [-0.25, -0.2) is 0 Å². The Morgan fingerprint density at radius 3 is 2.60 bits per heavy atom. The SMILES string of the molecule is N#Cc1ccc(NC(=O)CCc2ccccc2)c(Cl)c1. The van der Waals surface area contributed by atoms with Gasteiger partial charge in [-0.05, 0) is 30.2 Å². The highest BCUT2D eigenvalue weighted by atomic mass is 35.5. The molecule has 20 heavy (non-hydrogen) atoms. The van der Waals surface area contributed by atoms with Crippen molar-refractivity contribution < 1.29 is 4.79 Å². The molecule has 0 saturated carbocycles. The van der Waals surface area contributed by atoms with E-state index in [9.17, 15) is 4.79 Å². The summed E-state index contributed by atoms with van der Waals surface area (Å²) in [5, 5.41) is 11.9. The highest BCUT2D eigenvalue weighted by Gasteiger charge is 2.07. The summed E-state index contributed by atoms with van der Waals surface area (Å²) in [5.41, 5.74) is 2.12. The quantitative estimate of drug-likeness (QED) is 0.929. The number of nitrogens with one attached hydrogen (secondary N) is 1. The first-order valence-corrected chi connectivity index (χ1v) is 6.60. The summed E-state index contributed by atoms with van der Waals surface area (Å²) in [6, 6.07) is 16.6. The number of nitrogens with zero attached hydrogens (tertiary/aromatic N) is 1. The Balaban J connectivity index is 1.93. The normalized spacial score (nSPS) is 9.80. The summed E-state index contributed by atoms with van der Waals surface area (Å²) in [4.78, 5) is 11.9. The molecule has 0 bridgehead atoms. The lowest BCUT2D eigenvalue weighted by Crippen LogP contribution is -2.12. The van der Waals surface area contributed by atoms with Crippen LogP contribution in [0.25, 0.3) is 0 Å². The molecule has 1 N–H and O–H groups in total. The highest BCUT2D eigenvalue weighted by Crippen LogP contribution is 2.23.